The van der Waals surface area contributed by atoms with E-state index in [1.807, 2.05) is 50.2 Å². The van der Waals surface area contributed by atoms with E-state index in [-0.39, 0.29) is 11.8 Å². The van der Waals surface area contributed by atoms with Crippen molar-refractivity contribution in [2.45, 2.75) is 38.1 Å². The number of nitrogens with one attached hydrogen (secondary N) is 1. The van der Waals surface area contributed by atoms with Gasteiger partial charge in [0.1, 0.15) is 0 Å². The fraction of sp³-hybridized carbons (Fsp3) is 0.350. The maximum Gasteiger partial charge on any atom is 0.220 e. The van der Waals surface area contributed by atoms with Crippen LogP contribution in [0.15, 0.2) is 60.7 Å². The molecule has 0 saturated heterocycles. The Morgan fingerprint density at radius 1 is 1.04 bits per heavy atom. The quantitative estimate of drug-likeness (QED) is 0.825. The highest BCUT2D eigenvalue weighted by Crippen LogP contribution is 2.24. The van der Waals surface area contributed by atoms with Crippen molar-refractivity contribution in [3.8, 4) is 0 Å². The molecule has 2 rings (SSSR count). The van der Waals surface area contributed by atoms with Gasteiger partial charge in [-0.15, -0.1) is 0 Å². The van der Waals surface area contributed by atoms with E-state index in [0.717, 1.165) is 6.42 Å². The molecule has 0 aliphatic carbocycles. The summed E-state index contributed by atoms with van der Waals surface area (Å²) in [6.45, 7) is 4.30. The number of carbonyl (C=O) groups excluding carboxylic acids is 1. The van der Waals surface area contributed by atoms with Gasteiger partial charge in [0.25, 0.3) is 0 Å². The molecule has 0 heterocycles. The van der Waals surface area contributed by atoms with E-state index in [2.05, 4.69) is 29.6 Å². The first-order valence-corrected chi connectivity index (χ1v) is 8.08. The Bertz CT molecular complexity index is 603. The van der Waals surface area contributed by atoms with Crippen LogP contribution in [-0.4, -0.2) is 18.0 Å². The molecule has 0 aliphatic rings. The number of amides is 1. The minimum Gasteiger partial charge on any atom is -0.354 e. The predicted octanol–water partition coefficient (Wildman–Crippen LogP) is 3.26. The van der Waals surface area contributed by atoms with E-state index in [1.54, 1.807) is 0 Å². The molecule has 0 fully saturated rings. The molecule has 0 bridgehead atoms. The normalized spacial score (nSPS) is 12.7. The van der Waals surface area contributed by atoms with Crippen LogP contribution in [0.2, 0.25) is 0 Å². The van der Waals surface area contributed by atoms with Crippen LogP contribution in [0.4, 0.5) is 0 Å². The van der Waals surface area contributed by atoms with Gasteiger partial charge in [-0.2, -0.15) is 0 Å². The molecule has 122 valence electrons. The average molecular weight is 310 g/mol. The monoisotopic (exact) mass is 310 g/mol. The Balaban J connectivity index is 2.06. The van der Waals surface area contributed by atoms with Crippen LogP contribution in [0.1, 0.15) is 37.3 Å². The second-order valence-electron chi connectivity index (χ2n) is 6.77. The van der Waals surface area contributed by atoms with E-state index in [9.17, 15) is 4.79 Å². The third kappa shape index (κ3) is 6.25. The van der Waals surface area contributed by atoms with Gasteiger partial charge in [0.05, 0.1) is 0 Å². The highest BCUT2D eigenvalue weighted by atomic mass is 16.1. The molecule has 0 saturated carbocycles. The second kappa shape index (κ2) is 7.93. The third-order valence-corrected chi connectivity index (χ3v) is 3.77. The van der Waals surface area contributed by atoms with Crippen LogP contribution in [-0.2, 0) is 11.2 Å². The fourth-order valence-electron chi connectivity index (χ4n) is 2.55. The summed E-state index contributed by atoms with van der Waals surface area (Å²) in [5, 5.41) is 2.94. The zero-order valence-corrected chi connectivity index (χ0v) is 14.0. The van der Waals surface area contributed by atoms with Crippen molar-refractivity contribution in [1.29, 1.82) is 0 Å². The van der Waals surface area contributed by atoms with Crippen molar-refractivity contribution in [1.82, 2.24) is 5.32 Å². The van der Waals surface area contributed by atoms with Gasteiger partial charge >= 0.3 is 0 Å². The molecule has 0 spiro atoms. The molecule has 0 radical (unpaired) electrons. The standard InChI is InChI=1S/C20H26N2O/c1-20(2,21)15-22-19(23)14-18(17-11-7-4-8-12-17)13-16-9-5-3-6-10-16/h3-12,18H,13-15,21H2,1-2H3,(H,22,23). The Morgan fingerprint density at radius 3 is 2.17 bits per heavy atom. The van der Waals surface area contributed by atoms with Gasteiger partial charge in [0, 0.05) is 18.5 Å². The Hall–Kier alpha value is -2.13. The molecule has 3 heteroatoms. The van der Waals surface area contributed by atoms with E-state index in [0.29, 0.717) is 13.0 Å². The van der Waals surface area contributed by atoms with Crippen LogP contribution >= 0.6 is 0 Å². The number of carbonyl (C=O) groups is 1. The smallest absolute Gasteiger partial charge is 0.220 e. The SMILES string of the molecule is CC(C)(N)CNC(=O)CC(Cc1ccccc1)c1ccccc1. The summed E-state index contributed by atoms with van der Waals surface area (Å²) in [6.07, 6.45) is 1.32. The van der Waals surface area contributed by atoms with Crippen LogP contribution in [0, 0.1) is 0 Å². The molecule has 2 aromatic carbocycles. The summed E-state index contributed by atoms with van der Waals surface area (Å²) in [4.78, 5) is 12.3. The lowest BCUT2D eigenvalue weighted by Crippen LogP contribution is -2.45. The summed E-state index contributed by atoms with van der Waals surface area (Å²) in [5.41, 5.74) is 7.98. The molecule has 23 heavy (non-hydrogen) atoms. The minimum absolute atomic E-state index is 0.0494. The summed E-state index contributed by atoms with van der Waals surface area (Å²) in [5.74, 6) is 0.216. The Labute approximate surface area is 138 Å². The highest BCUT2D eigenvalue weighted by molar-refractivity contribution is 5.77. The van der Waals surface area contributed by atoms with Gasteiger partial charge in [0.2, 0.25) is 5.91 Å². The Kier molecular flexibility index (Phi) is 5.94. The zero-order valence-electron chi connectivity index (χ0n) is 14.0. The average Bonchev–Trinajstić information content (AvgIpc) is 2.53. The topological polar surface area (TPSA) is 55.1 Å². The lowest BCUT2D eigenvalue weighted by atomic mass is 9.89. The predicted molar refractivity (Wildman–Crippen MR) is 95.2 cm³/mol. The van der Waals surface area contributed by atoms with Crippen LogP contribution in [0.3, 0.4) is 0 Å². The van der Waals surface area contributed by atoms with Crippen LogP contribution in [0.25, 0.3) is 0 Å². The van der Waals surface area contributed by atoms with Crippen molar-refractivity contribution in [2.75, 3.05) is 6.54 Å². The van der Waals surface area contributed by atoms with Gasteiger partial charge in [-0.05, 0) is 37.3 Å². The second-order valence-corrected chi connectivity index (χ2v) is 6.77. The van der Waals surface area contributed by atoms with Gasteiger partial charge in [-0.25, -0.2) is 0 Å². The lowest BCUT2D eigenvalue weighted by molar-refractivity contribution is -0.121. The highest BCUT2D eigenvalue weighted by Gasteiger charge is 2.18. The molecule has 3 nitrogen and oxygen atoms in total. The summed E-state index contributed by atoms with van der Waals surface area (Å²) >= 11 is 0. The maximum atomic E-state index is 12.3. The van der Waals surface area contributed by atoms with E-state index in [4.69, 9.17) is 5.73 Å². The van der Waals surface area contributed by atoms with Gasteiger partial charge in [-0.1, -0.05) is 60.7 Å². The molecule has 1 amide bonds. The fourth-order valence-corrected chi connectivity index (χ4v) is 2.55. The first-order valence-electron chi connectivity index (χ1n) is 8.08. The molecule has 2 aromatic rings. The summed E-state index contributed by atoms with van der Waals surface area (Å²) in [7, 11) is 0. The number of nitrogens with two attached hydrogens (primary N) is 1. The lowest BCUT2D eigenvalue weighted by Gasteiger charge is -2.21. The van der Waals surface area contributed by atoms with E-state index >= 15 is 0 Å². The maximum absolute atomic E-state index is 12.3. The van der Waals surface area contributed by atoms with Crippen molar-refractivity contribution < 1.29 is 4.79 Å². The number of benzene rings is 2. The number of hydrogen-bond acceptors (Lipinski definition) is 2. The molecular formula is C20H26N2O. The third-order valence-electron chi connectivity index (χ3n) is 3.77. The van der Waals surface area contributed by atoms with Gasteiger partial charge < -0.3 is 11.1 Å². The first kappa shape index (κ1) is 17.2. The van der Waals surface area contributed by atoms with Crippen molar-refractivity contribution in [2.24, 2.45) is 5.73 Å². The van der Waals surface area contributed by atoms with E-state index in [1.165, 1.54) is 11.1 Å². The molecule has 1 atom stereocenters. The first-order chi connectivity index (χ1) is 10.9. The molecule has 1 unspecified atom stereocenters. The van der Waals surface area contributed by atoms with Crippen molar-refractivity contribution >= 4 is 5.91 Å². The van der Waals surface area contributed by atoms with Crippen LogP contribution in [0.5, 0.6) is 0 Å². The van der Waals surface area contributed by atoms with Crippen LogP contribution < -0.4 is 11.1 Å². The van der Waals surface area contributed by atoms with E-state index < -0.39 is 5.54 Å². The largest absolute Gasteiger partial charge is 0.354 e. The molecule has 3 N–H and O–H groups in total. The van der Waals surface area contributed by atoms with Gasteiger partial charge in [0.15, 0.2) is 0 Å². The van der Waals surface area contributed by atoms with Gasteiger partial charge in [-0.3, -0.25) is 4.79 Å². The van der Waals surface area contributed by atoms with Crippen molar-refractivity contribution in [3.63, 3.8) is 0 Å². The van der Waals surface area contributed by atoms with Crippen molar-refractivity contribution in [3.05, 3.63) is 71.8 Å². The number of hydrogen-bond donors (Lipinski definition) is 2. The zero-order chi connectivity index (χ0) is 16.7. The molecule has 0 aromatic heterocycles. The molecular weight excluding hydrogens is 284 g/mol. The Morgan fingerprint density at radius 2 is 1.61 bits per heavy atom. The summed E-state index contributed by atoms with van der Waals surface area (Å²) in [6, 6.07) is 20.5. The summed E-state index contributed by atoms with van der Waals surface area (Å²) < 4.78 is 0. The number of rotatable bonds is 7. The molecule has 0 aliphatic heterocycles. The minimum atomic E-state index is -0.392.